The van der Waals surface area contributed by atoms with Crippen LogP contribution in [0.3, 0.4) is 0 Å². The van der Waals surface area contributed by atoms with Crippen molar-refractivity contribution < 1.29 is 0 Å². The second-order valence-electron chi connectivity index (χ2n) is 6.12. The van der Waals surface area contributed by atoms with Gasteiger partial charge >= 0.3 is 137 Å². The van der Waals surface area contributed by atoms with Crippen molar-refractivity contribution in [1.29, 1.82) is 0 Å². The molecule has 0 amide bonds. The fourth-order valence-corrected chi connectivity index (χ4v) is 6.37. The van der Waals surface area contributed by atoms with Gasteiger partial charge in [-0.15, -0.1) is 0 Å². The average molecular weight is 350 g/mol. The monoisotopic (exact) mass is 351 g/mol. The standard InChI is InChI=1S/C20H17NSe/c1-20(2)15-9-3-4-12-18(15)22-19-14(8-7-10-16(19)20)17-11-5-6-13-21-17/h3-13H,1-2H3. The molecule has 0 fully saturated rings. The van der Waals surface area contributed by atoms with Gasteiger partial charge in [0.25, 0.3) is 0 Å². The summed E-state index contributed by atoms with van der Waals surface area (Å²) in [5.74, 6) is 0. The van der Waals surface area contributed by atoms with E-state index in [9.17, 15) is 0 Å². The fraction of sp³-hybridized carbons (Fsp3) is 0.150. The van der Waals surface area contributed by atoms with Gasteiger partial charge in [-0.2, -0.15) is 0 Å². The predicted molar refractivity (Wildman–Crippen MR) is 93.3 cm³/mol. The Labute approximate surface area is 137 Å². The Morgan fingerprint density at radius 1 is 0.818 bits per heavy atom. The van der Waals surface area contributed by atoms with Gasteiger partial charge in [0.05, 0.1) is 0 Å². The van der Waals surface area contributed by atoms with Crippen LogP contribution < -0.4 is 8.92 Å². The van der Waals surface area contributed by atoms with Crippen molar-refractivity contribution in [3.63, 3.8) is 0 Å². The summed E-state index contributed by atoms with van der Waals surface area (Å²) < 4.78 is 2.98. The van der Waals surface area contributed by atoms with Crippen LogP contribution in [0.4, 0.5) is 0 Å². The Bertz CT molecular complexity index is 837. The Balaban J connectivity index is 1.97. The van der Waals surface area contributed by atoms with Crippen LogP contribution in [-0.4, -0.2) is 19.9 Å². The molecule has 22 heavy (non-hydrogen) atoms. The second-order valence-corrected chi connectivity index (χ2v) is 8.33. The maximum atomic E-state index is 4.57. The number of fused-ring (bicyclic) bond motifs is 2. The zero-order valence-electron chi connectivity index (χ0n) is 12.7. The van der Waals surface area contributed by atoms with E-state index in [2.05, 4.69) is 73.4 Å². The summed E-state index contributed by atoms with van der Waals surface area (Å²) in [6.45, 7) is 4.67. The van der Waals surface area contributed by atoms with Crippen molar-refractivity contribution in [2.45, 2.75) is 19.3 Å². The van der Waals surface area contributed by atoms with Crippen LogP contribution in [0, 0.1) is 0 Å². The quantitative estimate of drug-likeness (QED) is 0.615. The Morgan fingerprint density at radius 3 is 2.41 bits per heavy atom. The molecule has 2 heteroatoms. The Hall–Kier alpha value is -1.89. The van der Waals surface area contributed by atoms with Gasteiger partial charge in [-0.3, -0.25) is 0 Å². The van der Waals surface area contributed by atoms with Gasteiger partial charge in [-0.05, 0) is 0 Å². The van der Waals surface area contributed by atoms with Crippen LogP contribution in [-0.2, 0) is 5.41 Å². The molecular weight excluding hydrogens is 333 g/mol. The van der Waals surface area contributed by atoms with E-state index in [-0.39, 0.29) is 5.41 Å². The molecule has 1 aromatic heterocycles. The van der Waals surface area contributed by atoms with Crippen LogP contribution >= 0.6 is 0 Å². The summed E-state index contributed by atoms with van der Waals surface area (Å²) >= 11 is 0.329. The molecule has 1 nitrogen and oxygen atoms in total. The van der Waals surface area contributed by atoms with Gasteiger partial charge in [-0.1, -0.05) is 0 Å². The molecule has 2 heterocycles. The molecule has 0 N–H and O–H groups in total. The first-order valence-electron chi connectivity index (χ1n) is 7.50. The third-order valence-corrected chi connectivity index (χ3v) is 6.96. The number of hydrogen-bond donors (Lipinski definition) is 0. The average Bonchev–Trinajstić information content (AvgIpc) is 2.55. The van der Waals surface area contributed by atoms with Crippen molar-refractivity contribution in [2.75, 3.05) is 0 Å². The topological polar surface area (TPSA) is 12.9 Å². The first-order valence-corrected chi connectivity index (χ1v) is 9.21. The van der Waals surface area contributed by atoms with Gasteiger partial charge in [0.2, 0.25) is 0 Å². The number of aromatic nitrogens is 1. The van der Waals surface area contributed by atoms with Gasteiger partial charge in [0, 0.05) is 0 Å². The number of rotatable bonds is 1. The SMILES string of the molecule is CC1(C)c2ccccc2[Se]c2c(-c3ccccn3)cccc21. The molecule has 1 aliphatic rings. The molecule has 1 aliphatic heterocycles. The molecule has 0 aliphatic carbocycles. The maximum absolute atomic E-state index is 4.57. The van der Waals surface area contributed by atoms with Gasteiger partial charge in [0.15, 0.2) is 0 Å². The molecule has 2 aromatic carbocycles. The summed E-state index contributed by atoms with van der Waals surface area (Å²) in [5.41, 5.74) is 5.35. The predicted octanol–water partition coefficient (Wildman–Crippen LogP) is 3.04. The molecule has 0 unspecified atom stereocenters. The molecule has 0 saturated heterocycles. The summed E-state index contributed by atoms with van der Waals surface area (Å²) in [5, 5.41) is 0. The third kappa shape index (κ3) is 2.03. The van der Waals surface area contributed by atoms with Crippen LogP contribution in [0.15, 0.2) is 66.9 Å². The van der Waals surface area contributed by atoms with Gasteiger partial charge in [0.1, 0.15) is 0 Å². The van der Waals surface area contributed by atoms with Crippen LogP contribution in [0.5, 0.6) is 0 Å². The Morgan fingerprint density at radius 2 is 1.59 bits per heavy atom. The Kier molecular flexibility index (Phi) is 3.18. The minimum atomic E-state index is 0.0523. The van der Waals surface area contributed by atoms with E-state index in [4.69, 9.17) is 0 Å². The molecule has 0 atom stereocenters. The summed E-state index contributed by atoms with van der Waals surface area (Å²) in [7, 11) is 0. The molecule has 0 radical (unpaired) electrons. The molecular formula is C20H17NSe. The minimum absolute atomic E-state index is 0.0523. The molecule has 4 rings (SSSR count). The zero-order chi connectivity index (χ0) is 15.2. The van der Waals surface area contributed by atoms with E-state index in [0.29, 0.717) is 15.0 Å². The van der Waals surface area contributed by atoms with Crippen LogP contribution in [0.1, 0.15) is 25.0 Å². The summed E-state index contributed by atoms with van der Waals surface area (Å²) in [6.07, 6.45) is 1.88. The van der Waals surface area contributed by atoms with E-state index in [1.165, 1.54) is 25.6 Å². The van der Waals surface area contributed by atoms with Crippen molar-refractivity contribution in [1.82, 2.24) is 4.98 Å². The molecule has 0 bridgehead atoms. The van der Waals surface area contributed by atoms with Gasteiger partial charge < -0.3 is 0 Å². The second kappa shape index (κ2) is 5.08. The van der Waals surface area contributed by atoms with Crippen molar-refractivity contribution >= 4 is 23.9 Å². The summed E-state index contributed by atoms with van der Waals surface area (Å²) in [6, 6.07) is 21.7. The first kappa shape index (κ1) is 13.8. The summed E-state index contributed by atoms with van der Waals surface area (Å²) in [4.78, 5) is 4.57. The van der Waals surface area contributed by atoms with Crippen LogP contribution in [0.25, 0.3) is 11.3 Å². The fourth-order valence-electron chi connectivity index (χ4n) is 3.19. The van der Waals surface area contributed by atoms with Gasteiger partial charge in [-0.25, -0.2) is 0 Å². The van der Waals surface area contributed by atoms with Crippen molar-refractivity contribution in [3.8, 4) is 11.3 Å². The van der Waals surface area contributed by atoms with Crippen LogP contribution in [0.2, 0.25) is 0 Å². The molecule has 0 saturated carbocycles. The molecule has 3 aromatic rings. The van der Waals surface area contributed by atoms with E-state index < -0.39 is 0 Å². The third-order valence-electron chi connectivity index (χ3n) is 4.40. The first-order chi connectivity index (χ1) is 10.7. The van der Waals surface area contributed by atoms with E-state index >= 15 is 0 Å². The van der Waals surface area contributed by atoms with E-state index in [1.807, 2.05) is 12.3 Å². The van der Waals surface area contributed by atoms with E-state index in [0.717, 1.165) is 5.69 Å². The molecule has 108 valence electrons. The zero-order valence-corrected chi connectivity index (χ0v) is 14.4. The number of hydrogen-bond acceptors (Lipinski definition) is 1. The van der Waals surface area contributed by atoms with Crippen molar-refractivity contribution in [2.24, 2.45) is 0 Å². The molecule has 0 spiro atoms. The van der Waals surface area contributed by atoms with Crippen molar-refractivity contribution in [3.05, 3.63) is 78.0 Å². The number of nitrogens with zero attached hydrogens (tertiary/aromatic N) is 1. The number of benzene rings is 2. The number of pyridine rings is 1. The normalized spacial score (nSPS) is 15.0. The van der Waals surface area contributed by atoms with E-state index in [1.54, 1.807) is 0 Å².